The van der Waals surface area contributed by atoms with Gasteiger partial charge < -0.3 is 10.1 Å². The molecule has 5 heteroatoms. The van der Waals surface area contributed by atoms with Gasteiger partial charge >= 0.3 is 5.91 Å². The molecule has 1 amide bonds. The Kier molecular flexibility index (Phi) is 5.70. The summed E-state index contributed by atoms with van der Waals surface area (Å²) in [7, 11) is 0. The summed E-state index contributed by atoms with van der Waals surface area (Å²) in [6.07, 6.45) is 15.1. The normalized spacial score (nSPS) is 22.6. The number of hydrogen-bond acceptors (Lipinski definition) is 4. The average Bonchev–Trinajstić information content (AvgIpc) is 2.78. The lowest BCUT2D eigenvalue weighted by Crippen LogP contribution is -2.36. The Hall–Kier alpha value is -3.34. The van der Waals surface area contributed by atoms with Gasteiger partial charge in [-0.1, -0.05) is 36.4 Å². The standard InChI is InChI=1S/C25H27N2O3/c1-3-30-20-8-6-7-19(15-20)17-11-13-18(14-12-17)24-16-22(25(28)27(2)29)21-9-4-5-10-23(21)26-24/h5-8,10-11,13-17,24,26,29H,2-4,9,12H2,1H3/q+1. The first-order valence-corrected chi connectivity index (χ1v) is 10.4. The Morgan fingerprint density at radius 3 is 2.97 bits per heavy atom. The van der Waals surface area contributed by atoms with Crippen LogP contribution in [0, 0.1) is 0 Å². The van der Waals surface area contributed by atoms with E-state index in [1.165, 1.54) is 5.56 Å². The number of nitrogens with one attached hydrogen (secondary N) is 1. The van der Waals surface area contributed by atoms with E-state index in [1.807, 2.05) is 31.2 Å². The minimum atomic E-state index is -0.477. The third-order valence-electron chi connectivity index (χ3n) is 5.69. The van der Waals surface area contributed by atoms with Crippen molar-refractivity contribution in [3.63, 3.8) is 0 Å². The maximum atomic E-state index is 12.5. The molecule has 2 N–H and O–H groups in total. The number of dihydropyridines is 1. The van der Waals surface area contributed by atoms with Crippen LogP contribution < -0.4 is 10.1 Å². The van der Waals surface area contributed by atoms with Gasteiger partial charge in [-0.05, 0) is 67.2 Å². The molecular formula is C25H27N2O3+. The molecule has 5 nitrogen and oxygen atoms in total. The first-order chi connectivity index (χ1) is 14.6. The summed E-state index contributed by atoms with van der Waals surface area (Å²) in [6.45, 7) is 5.99. The molecule has 1 heterocycles. The second-order valence-corrected chi connectivity index (χ2v) is 7.65. The molecule has 0 saturated heterocycles. The van der Waals surface area contributed by atoms with Crippen LogP contribution in [0.5, 0.6) is 5.75 Å². The summed E-state index contributed by atoms with van der Waals surface area (Å²) in [6, 6.07) is 8.10. The van der Waals surface area contributed by atoms with E-state index in [9.17, 15) is 10.0 Å². The fraction of sp³-hybridized carbons (Fsp3) is 0.280. The molecule has 0 bridgehead atoms. The zero-order valence-electron chi connectivity index (χ0n) is 17.2. The minimum absolute atomic E-state index is 0.127. The number of rotatable bonds is 5. The molecule has 2 aliphatic carbocycles. The van der Waals surface area contributed by atoms with Crippen LogP contribution in [0.2, 0.25) is 0 Å². The number of carbonyl (C=O) groups is 1. The first kappa shape index (κ1) is 20.0. The molecule has 2 atom stereocenters. The van der Waals surface area contributed by atoms with E-state index in [-0.39, 0.29) is 6.04 Å². The number of hydroxylamine groups is 1. The summed E-state index contributed by atoms with van der Waals surface area (Å²) in [5, 5.41) is 13.1. The van der Waals surface area contributed by atoms with Gasteiger partial charge in [-0.25, -0.2) is 4.79 Å². The van der Waals surface area contributed by atoms with Crippen LogP contribution in [0.25, 0.3) is 0 Å². The van der Waals surface area contributed by atoms with Gasteiger partial charge in [0, 0.05) is 16.4 Å². The lowest BCUT2D eigenvalue weighted by atomic mass is 9.84. The smallest absolute Gasteiger partial charge is 0.465 e. The van der Waals surface area contributed by atoms with Crippen LogP contribution in [0.3, 0.4) is 0 Å². The van der Waals surface area contributed by atoms with E-state index >= 15 is 0 Å². The third-order valence-corrected chi connectivity index (χ3v) is 5.69. The largest absolute Gasteiger partial charge is 0.494 e. The summed E-state index contributed by atoms with van der Waals surface area (Å²) in [4.78, 5) is 12.5. The first-order valence-electron chi connectivity index (χ1n) is 10.4. The van der Waals surface area contributed by atoms with Crippen LogP contribution in [0.1, 0.15) is 37.7 Å². The number of ether oxygens (including phenoxy) is 1. The fourth-order valence-corrected chi connectivity index (χ4v) is 4.19. The molecule has 4 rings (SSSR count). The van der Waals surface area contributed by atoms with Gasteiger partial charge in [0.1, 0.15) is 5.75 Å². The van der Waals surface area contributed by atoms with Crippen LogP contribution in [-0.4, -0.2) is 35.2 Å². The highest BCUT2D eigenvalue weighted by atomic mass is 16.5. The third kappa shape index (κ3) is 4.01. The number of hydrogen-bond donors (Lipinski definition) is 2. The molecule has 0 radical (unpaired) electrons. The number of amides is 1. The van der Waals surface area contributed by atoms with Gasteiger partial charge in [0.2, 0.25) is 0 Å². The molecule has 154 valence electrons. The molecule has 0 aromatic heterocycles. The highest BCUT2D eigenvalue weighted by Gasteiger charge is 2.32. The Labute approximate surface area is 177 Å². The molecule has 0 fully saturated rings. The van der Waals surface area contributed by atoms with Crippen LogP contribution in [0.15, 0.2) is 83.1 Å². The summed E-state index contributed by atoms with van der Waals surface area (Å²) in [5.41, 5.74) is 4.74. The van der Waals surface area contributed by atoms with Crippen molar-refractivity contribution in [1.29, 1.82) is 0 Å². The second-order valence-electron chi connectivity index (χ2n) is 7.65. The molecule has 2 unspecified atom stereocenters. The van der Waals surface area contributed by atoms with E-state index in [2.05, 4.69) is 48.5 Å². The zero-order chi connectivity index (χ0) is 21.1. The predicted molar refractivity (Wildman–Crippen MR) is 117 cm³/mol. The van der Waals surface area contributed by atoms with Crippen molar-refractivity contribution in [3.05, 3.63) is 88.7 Å². The fourth-order valence-electron chi connectivity index (χ4n) is 4.19. The molecule has 0 saturated carbocycles. The van der Waals surface area contributed by atoms with Gasteiger partial charge in [-0.3, -0.25) is 5.21 Å². The minimum Gasteiger partial charge on any atom is -0.494 e. The van der Waals surface area contributed by atoms with Gasteiger partial charge in [0.25, 0.3) is 0 Å². The molecular weight excluding hydrogens is 376 g/mol. The second kappa shape index (κ2) is 8.57. The number of carbonyl (C=O) groups excluding carboxylic acids is 1. The Morgan fingerprint density at radius 2 is 2.23 bits per heavy atom. The van der Waals surface area contributed by atoms with E-state index < -0.39 is 5.91 Å². The maximum absolute atomic E-state index is 12.5. The van der Waals surface area contributed by atoms with E-state index in [4.69, 9.17) is 4.74 Å². The molecule has 0 spiro atoms. The van der Waals surface area contributed by atoms with Crippen LogP contribution in [0.4, 0.5) is 0 Å². The zero-order valence-corrected chi connectivity index (χ0v) is 17.2. The molecule has 30 heavy (non-hydrogen) atoms. The Bertz CT molecular complexity index is 1030. The number of allylic oxidation sites excluding steroid dienone is 4. The lowest BCUT2D eigenvalue weighted by Gasteiger charge is -2.30. The van der Waals surface area contributed by atoms with E-state index in [0.717, 1.165) is 41.9 Å². The topological polar surface area (TPSA) is 61.6 Å². The Balaban J connectivity index is 1.55. The number of nitrogens with zero attached hydrogens (tertiary/aromatic N) is 1. The van der Waals surface area contributed by atoms with E-state index in [0.29, 0.717) is 22.8 Å². The highest BCUT2D eigenvalue weighted by molar-refractivity contribution is 5.93. The van der Waals surface area contributed by atoms with Gasteiger partial charge in [0.15, 0.2) is 6.72 Å². The quantitative estimate of drug-likeness (QED) is 0.254. The summed E-state index contributed by atoms with van der Waals surface area (Å²) in [5.74, 6) is 0.707. The predicted octanol–water partition coefficient (Wildman–Crippen LogP) is 4.19. The van der Waals surface area contributed by atoms with Gasteiger partial charge in [-0.2, -0.15) is 0 Å². The van der Waals surface area contributed by atoms with Crippen molar-refractivity contribution in [2.45, 2.75) is 38.1 Å². The monoisotopic (exact) mass is 403 g/mol. The van der Waals surface area contributed by atoms with Crippen LogP contribution in [-0.2, 0) is 4.79 Å². The van der Waals surface area contributed by atoms with Crippen molar-refractivity contribution < 1.29 is 19.5 Å². The van der Waals surface area contributed by atoms with Crippen LogP contribution >= 0.6 is 0 Å². The Morgan fingerprint density at radius 1 is 1.37 bits per heavy atom. The summed E-state index contributed by atoms with van der Waals surface area (Å²) < 4.78 is 6.05. The van der Waals surface area contributed by atoms with Crippen molar-refractivity contribution in [3.8, 4) is 5.75 Å². The molecule has 1 aliphatic heterocycles. The lowest BCUT2D eigenvalue weighted by molar-refractivity contribution is -0.696. The van der Waals surface area contributed by atoms with Gasteiger partial charge in [0.05, 0.1) is 18.2 Å². The molecule has 3 aliphatic rings. The molecule has 1 aromatic carbocycles. The SMILES string of the molecule is C=[N+](O)C(=O)C1=CC(C2=CCC(c3cccc(OCC)c3)C=C2)NC2=C1CCC=C2. The summed E-state index contributed by atoms with van der Waals surface area (Å²) >= 11 is 0. The number of benzene rings is 1. The highest BCUT2D eigenvalue weighted by Crippen LogP contribution is 2.34. The maximum Gasteiger partial charge on any atom is 0.465 e. The molecule has 1 aromatic rings. The average molecular weight is 404 g/mol. The van der Waals surface area contributed by atoms with Crippen molar-refractivity contribution in [2.24, 2.45) is 0 Å². The van der Waals surface area contributed by atoms with E-state index in [1.54, 1.807) is 0 Å². The van der Waals surface area contributed by atoms with Crippen molar-refractivity contribution >= 4 is 12.6 Å². The van der Waals surface area contributed by atoms with Gasteiger partial charge in [-0.15, -0.1) is 0 Å². The van der Waals surface area contributed by atoms with Crippen molar-refractivity contribution in [2.75, 3.05) is 6.61 Å². The van der Waals surface area contributed by atoms with Crippen molar-refractivity contribution in [1.82, 2.24) is 5.32 Å².